The van der Waals surface area contributed by atoms with Gasteiger partial charge in [-0.2, -0.15) is 0 Å². The van der Waals surface area contributed by atoms with E-state index >= 15 is 0 Å². The summed E-state index contributed by atoms with van der Waals surface area (Å²) in [5.41, 5.74) is 29.3. The molecule has 30 aromatic rings. The molecule has 0 unspecified atom stereocenters. The standard InChI is InChI=1S/C35H22N4S.C34H22N4S.2C32H22N2S/c1-3-9-24(10-4-1)33-36-34(25-11-5-2-6-12-25)38-35(37-33)26-15-18-27(19-16-26)39-29-14-8-7-13-28(29)31-30(39)20-17-23-21-22-40-32(23)31;1-3-9-24(10-4-1)33-35-36-34(25-11-5-2-6-12-25)38(33)27-18-16-26(17-19-27)37-29-14-8-7-13-28(29)31-30(37)20-15-23-21-22-39-32(23)31;1-2-8-22(9-3-1)33-27-12-6-4-10-24(27)26-20-23(15-17-29(26)33)34-28-13-7-5-11-25(28)31-30(34)16-14-21-18-19-35-32(21)31;1-3-9-24(10-4-1)33(25-11-5-2-6-12-25)26-16-18-27(19-17-26)34-29-14-8-7-13-28(29)31-30(34)20-15-23-21-22-35-32(23)31/h1-22H;1-22H;1-14,16,18-20H,15,17H2;1-22H. The highest BCUT2D eigenvalue weighted by Gasteiger charge is 2.28. The second-order valence-corrected chi connectivity index (χ2v) is 41.0. The van der Waals surface area contributed by atoms with Crippen LogP contribution in [0.3, 0.4) is 0 Å². The first-order valence-corrected chi connectivity index (χ1v) is 53.6. The molecule has 149 heavy (non-hydrogen) atoms. The number of aromatic nitrogens is 11. The van der Waals surface area contributed by atoms with Gasteiger partial charge in [-0.3, -0.25) is 4.57 Å². The van der Waals surface area contributed by atoms with Crippen LogP contribution in [0.2, 0.25) is 0 Å². The van der Waals surface area contributed by atoms with Crippen LogP contribution in [0, 0.1) is 0 Å². The molecule has 704 valence electrons. The molecule has 1 aliphatic rings. The Hall–Kier alpha value is -18.6. The van der Waals surface area contributed by atoms with Crippen molar-refractivity contribution < 1.29 is 0 Å². The minimum atomic E-state index is 0.654. The minimum absolute atomic E-state index is 0.654. The number of thiophene rings is 4. The van der Waals surface area contributed by atoms with Crippen molar-refractivity contribution in [1.82, 2.24) is 52.6 Å². The maximum Gasteiger partial charge on any atom is 0.168 e. The van der Waals surface area contributed by atoms with Gasteiger partial charge in [-0.1, -0.05) is 291 Å². The first-order valence-electron chi connectivity index (χ1n) is 50.1. The summed E-state index contributed by atoms with van der Waals surface area (Å²) in [6.45, 7) is 0. The molecule has 16 heteroatoms. The quantitative estimate of drug-likeness (QED) is 0.108. The van der Waals surface area contributed by atoms with Gasteiger partial charge in [0.25, 0.3) is 0 Å². The first kappa shape index (κ1) is 88.2. The van der Waals surface area contributed by atoms with E-state index in [0.29, 0.717) is 17.5 Å². The van der Waals surface area contributed by atoms with Crippen LogP contribution in [-0.2, 0) is 6.42 Å². The monoisotopic (exact) mass is 1980 g/mol. The van der Waals surface area contributed by atoms with Gasteiger partial charge < -0.3 is 27.7 Å². The van der Waals surface area contributed by atoms with Crippen molar-refractivity contribution in [3.8, 4) is 85.4 Å². The predicted molar refractivity (Wildman–Crippen MR) is 629 cm³/mol. The lowest BCUT2D eigenvalue weighted by Crippen LogP contribution is -2.09. The van der Waals surface area contributed by atoms with E-state index < -0.39 is 0 Å². The summed E-state index contributed by atoms with van der Waals surface area (Å²) in [6.07, 6.45) is 4.47. The SMILES string of the molecule is C1=C(n2c3ccccc3c3c4sccc4ccc32)CCc2c1c1ccccc1n2-c1ccccc1.c1ccc(-c2nc(-c3ccccc3)nc(-c3ccc(-n4c5ccccc5c5c6sccc6ccc54)cc3)n2)cc1.c1ccc(-c2nnc(-c3ccccc3)n2-c2ccc(-n3c4ccccc4c4c5sccc5ccc43)cc2)cc1.c1ccc(N(c2ccccc2)c2ccc(-n3c4ccccc4c4c5sccc5ccc43)cc2)cc1. The lowest BCUT2D eigenvalue weighted by Gasteiger charge is -2.25. The van der Waals surface area contributed by atoms with Crippen LogP contribution in [-0.4, -0.2) is 52.6 Å². The number of hydrogen-bond acceptors (Lipinski definition) is 10. The molecule has 0 spiro atoms. The molecule has 0 saturated heterocycles. The predicted octanol–water partition coefficient (Wildman–Crippen LogP) is 36.5. The summed E-state index contributed by atoms with van der Waals surface area (Å²) in [5, 5.41) is 35.1. The Morgan fingerprint density at radius 3 is 0.852 bits per heavy atom. The smallest absolute Gasteiger partial charge is 0.168 e. The summed E-state index contributed by atoms with van der Waals surface area (Å²) in [4.78, 5) is 16.9. The second-order valence-electron chi connectivity index (χ2n) is 37.3. The molecule has 12 nitrogen and oxygen atoms in total. The van der Waals surface area contributed by atoms with E-state index in [0.717, 1.165) is 92.1 Å². The van der Waals surface area contributed by atoms with Crippen molar-refractivity contribution in [2.75, 3.05) is 4.90 Å². The van der Waals surface area contributed by atoms with Gasteiger partial charge >= 0.3 is 0 Å². The van der Waals surface area contributed by atoms with Gasteiger partial charge in [0.1, 0.15) is 0 Å². The van der Waals surface area contributed by atoms with Gasteiger partial charge in [0.2, 0.25) is 0 Å². The van der Waals surface area contributed by atoms with Crippen LogP contribution in [0.5, 0.6) is 0 Å². The fourth-order valence-electron chi connectivity index (χ4n) is 22.2. The molecule has 0 aliphatic heterocycles. The Morgan fingerprint density at radius 1 is 0.201 bits per heavy atom. The van der Waals surface area contributed by atoms with Crippen LogP contribution in [0.15, 0.2) is 501 Å². The molecule has 1 aliphatic carbocycles. The number of anilines is 3. The largest absolute Gasteiger partial charge is 0.313 e. The second kappa shape index (κ2) is 37.6. The highest BCUT2D eigenvalue weighted by molar-refractivity contribution is 7.19. The normalized spacial score (nSPS) is 12.0. The van der Waals surface area contributed by atoms with Crippen LogP contribution in [0.4, 0.5) is 17.1 Å². The molecule has 0 amide bonds. The van der Waals surface area contributed by atoms with Crippen molar-refractivity contribution >= 4 is 213 Å². The third-order valence-electron chi connectivity index (χ3n) is 28.8. The third-order valence-corrected chi connectivity index (χ3v) is 32.6. The fraction of sp³-hybridized carbons (Fsp3) is 0.0150. The van der Waals surface area contributed by atoms with Crippen LogP contribution < -0.4 is 4.90 Å². The number of benzene rings is 19. The molecule has 0 bridgehead atoms. The summed E-state index contributed by atoms with van der Waals surface area (Å²) in [6, 6.07) is 169. The van der Waals surface area contributed by atoms with Gasteiger partial charge in [0, 0.05) is 158 Å². The van der Waals surface area contributed by atoms with Gasteiger partial charge in [0.15, 0.2) is 29.1 Å². The zero-order valence-electron chi connectivity index (χ0n) is 80.4. The van der Waals surface area contributed by atoms with E-state index in [1.807, 2.05) is 131 Å². The van der Waals surface area contributed by atoms with E-state index in [2.05, 4.69) is 452 Å². The molecule has 0 N–H and O–H groups in total. The van der Waals surface area contributed by atoms with Crippen LogP contribution in [0.25, 0.3) is 236 Å². The topological polar surface area (TPSA) is 97.3 Å². The molecule has 0 radical (unpaired) electrons. The number of fused-ring (bicyclic) bond motifs is 23. The molecule has 11 aromatic heterocycles. The molecule has 31 rings (SSSR count). The molecular formula is C133H88N12S4. The van der Waals surface area contributed by atoms with E-state index in [-0.39, 0.29) is 0 Å². The number of rotatable bonds is 14. The highest BCUT2D eigenvalue weighted by atomic mass is 32.1. The van der Waals surface area contributed by atoms with E-state index in [9.17, 15) is 0 Å². The van der Waals surface area contributed by atoms with E-state index in [1.165, 1.54) is 161 Å². The summed E-state index contributed by atoms with van der Waals surface area (Å²) >= 11 is 7.28. The lowest BCUT2D eigenvalue weighted by atomic mass is 9.99. The van der Waals surface area contributed by atoms with Crippen molar-refractivity contribution in [2.24, 2.45) is 0 Å². The Labute approximate surface area is 873 Å². The van der Waals surface area contributed by atoms with Crippen molar-refractivity contribution in [1.29, 1.82) is 0 Å². The summed E-state index contributed by atoms with van der Waals surface area (Å²) < 4.78 is 19.6. The van der Waals surface area contributed by atoms with Crippen LogP contribution >= 0.6 is 45.3 Å². The van der Waals surface area contributed by atoms with E-state index in [1.54, 1.807) is 11.3 Å². The highest BCUT2D eigenvalue weighted by Crippen LogP contribution is 2.48. The van der Waals surface area contributed by atoms with E-state index in [4.69, 9.17) is 15.0 Å². The van der Waals surface area contributed by atoms with Gasteiger partial charge in [-0.05, 0) is 250 Å². The van der Waals surface area contributed by atoms with Gasteiger partial charge in [-0.15, -0.1) is 55.5 Å². The number of hydrogen-bond donors (Lipinski definition) is 0. The molecule has 19 aromatic carbocycles. The number of allylic oxidation sites excluding steroid dienone is 1. The van der Waals surface area contributed by atoms with Crippen molar-refractivity contribution in [2.45, 2.75) is 12.8 Å². The van der Waals surface area contributed by atoms with Crippen molar-refractivity contribution in [3.63, 3.8) is 0 Å². The Bertz CT molecular complexity index is 10200. The minimum Gasteiger partial charge on any atom is -0.313 e. The fourth-order valence-corrected chi connectivity index (χ4v) is 26.0. The molecule has 0 fully saturated rings. The Balaban J connectivity index is 0.0000000957. The average Bonchev–Trinajstić information content (AvgIpc) is 1.61. The molecule has 0 atom stereocenters. The molecule has 0 saturated carbocycles. The maximum absolute atomic E-state index is 4.89. The molecular weight excluding hydrogens is 1890 g/mol. The third kappa shape index (κ3) is 15.5. The number of para-hydroxylation sites is 8. The summed E-state index contributed by atoms with van der Waals surface area (Å²) in [7, 11) is 0. The Morgan fingerprint density at radius 2 is 0.477 bits per heavy atom. The zero-order valence-corrected chi connectivity index (χ0v) is 83.7. The summed E-state index contributed by atoms with van der Waals surface area (Å²) in [5.74, 6) is 3.62. The van der Waals surface area contributed by atoms with Gasteiger partial charge in [-0.25, -0.2) is 15.0 Å². The van der Waals surface area contributed by atoms with Gasteiger partial charge in [0.05, 0.1) is 49.7 Å². The first-order chi connectivity index (χ1) is 74.0. The maximum atomic E-state index is 4.89. The molecule has 11 heterocycles. The van der Waals surface area contributed by atoms with Crippen LogP contribution in [0.1, 0.15) is 17.7 Å². The average molecular weight is 1980 g/mol. The Kier molecular flexibility index (Phi) is 22.2. The lowest BCUT2D eigenvalue weighted by molar-refractivity contribution is 0.873. The van der Waals surface area contributed by atoms with Crippen molar-refractivity contribution in [3.05, 3.63) is 512 Å². The zero-order chi connectivity index (χ0) is 98.4. The number of nitrogens with zero attached hydrogens (tertiary/aromatic N) is 12.